The van der Waals surface area contributed by atoms with Crippen molar-refractivity contribution >= 4 is 21.2 Å². The van der Waals surface area contributed by atoms with Gasteiger partial charge < -0.3 is 11.1 Å². The summed E-state index contributed by atoms with van der Waals surface area (Å²) in [6, 6.07) is 5.15. The van der Waals surface area contributed by atoms with Crippen molar-refractivity contribution in [3.05, 3.63) is 18.2 Å². The molecule has 0 aromatic heterocycles. The van der Waals surface area contributed by atoms with Gasteiger partial charge in [0.2, 0.25) is 0 Å². The number of nitrogens with two attached hydrogens (primary N) is 1. The first kappa shape index (κ1) is 14.8. The number of hydrogen-bond acceptors (Lipinski definition) is 4. The smallest absolute Gasteiger partial charge is 0.175 e. The van der Waals surface area contributed by atoms with Crippen molar-refractivity contribution in [2.45, 2.75) is 38.1 Å². The Morgan fingerprint density at radius 3 is 2.33 bits per heavy atom. The van der Waals surface area contributed by atoms with Gasteiger partial charge in [-0.15, -0.1) is 0 Å². The number of benzene rings is 1. The molecule has 3 N–H and O–H groups in total. The standard InChI is InChI=1S/C13H22N2O2S/c1-5-12(9(2)3)15-13-7-6-10(8-11(13)14)18(4,16)17/h6-9,12,15H,5,14H2,1-4H3. The number of sulfone groups is 1. The number of nitrogen functional groups attached to an aromatic ring is 1. The average molecular weight is 270 g/mol. The summed E-state index contributed by atoms with van der Waals surface area (Å²) in [5, 5.41) is 3.36. The molecule has 4 nitrogen and oxygen atoms in total. The zero-order chi connectivity index (χ0) is 13.9. The third kappa shape index (κ3) is 3.63. The third-order valence-corrected chi connectivity index (χ3v) is 4.15. The molecule has 0 spiro atoms. The van der Waals surface area contributed by atoms with Crippen LogP contribution in [0.4, 0.5) is 11.4 Å². The summed E-state index contributed by atoms with van der Waals surface area (Å²) in [7, 11) is -3.20. The largest absolute Gasteiger partial charge is 0.397 e. The fraction of sp³-hybridized carbons (Fsp3) is 0.538. The molecule has 0 aliphatic heterocycles. The highest BCUT2D eigenvalue weighted by atomic mass is 32.2. The molecule has 102 valence electrons. The average Bonchev–Trinajstić information content (AvgIpc) is 2.25. The van der Waals surface area contributed by atoms with Crippen LogP contribution in [-0.2, 0) is 9.84 Å². The van der Waals surface area contributed by atoms with Crippen molar-refractivity contribution < 1.29 is 8.42 Å². The minimum atomic E-state index is -3.20. The predicted molar refractivity (Wildman–Crippen MR) is 76.5 cm³/mol. The Morgan fingerprint density at radius 2 is 1.94 bits per heavy atom. The van der Waals surface area contributed by atoms with Crippen molar-refractivity contribution in [2.24, 2.45) is 5.92 Å². The van der Waals surface area contributed by atoms with Crippen LogP contribution in [0.25, 0.3) is 0 Å². The molecule has 1 aromatic carbocycles. The van der Waals surface area contributed by atoms with E-state index in [1.54, 1.807) is 12.1 Å². The molecule has 1 aromatic rings. The molecule has 0 saturated carbocycles. The van der Waals surface area contributed by atoms with E-state index in [0.717, 1.165) is 12.1 Å². The van der Waals surface area contributed by atoms with E-state index in [9.17, 15) is 8.42 Å². The first-order valence-corrected chi connectivity index (χ1v) is 8.01. The maximum Gasteiger partial charge on any atom is 0.175 e. The third-order valence-electron chi connectivity index (χ3n) is 3.04. The van der Waals surface area contributed by atoms with E-state index in [0.29, 0.717) is 17.6 Å². The van der Waals surface area contributed by atoms with Gasteiger partial charge in [0.05, 0.1) is 16.3 Å². The Balaban J connectivity index is 3.00. The van der Waals surface area contributed by atoms with Crippen LogP contribution in [0.1, 0.15) is 27.2 Å². The molecule has 18 heavy (non-hydrogen) atoms. The number of nitrogens with one attached hydrogen (secondary N) is 1. The van der Waals surface area contributed by atoms with Crippen LogP contribution in [0.2, 0.25) is 0 Å². The van der Waals surface area contributed by atoms with E-state index in [1.165, 1.54) is 12.3 Å². The highest BCUT2D eigenvalue weighted by molar-refractivity contribution is 7.90. The normalized spacial score (nSPS) is 13.6. The van der Waals surface area contributed by atoms with Crippen molar-refractivity contribution in [3.63, 3.8) is 0 Å². The van der Waals surface area contributed by atoms with Gasteiger partial charge in [0, 0.05) is 12.3 Å². The fourth-order valence-corrected chi connectivity index (χ4v) is 2.50. The minimum Gasteiger partial charge on any atom is -0.397 e. The first-order valence-electron chi connectivity index (χ1n) is 6.11. The molecular formula is C13H22N2O2S. The van der Waals surface area contributed by atoms with Crippen LogP contribution in [0.3, 0.4) is 0 Å². The van der Waals surface area contributed by atoms with Gasteiger partial charge in [-0.1, -0.05) is 20.8 Å². The van der Waals surface area contributed by atoms with Gasteiger partial charge >= 0.3 is 0 Å². The molecule has 0 aliphatic carbocycles. The van der Waals surface area contributed by atoms with Crippen LogP contribution in [0.5, 0.6) is 0 Å². The lowest BCUT2D eigenvalue weighted by molar-refractivity contribution is 0.511. The van der Waals surface area contributed by atoms with Gasteiger partial charge in [-0.05, 0) is 30.5 Å². The lowest BCUT2D eigenvalue weighted by atomic mass is 10.0. The number of rotatable bonds is 5. The van der Waals surface area contributed by atoms with Gasteiger partial charge in [-0.25, -0.2) is 8.42 Å². The molecule has 1 atom stereocenters. The molecule has 0 heterocycles. The Labute approximate surface area is 110 Å². The monoisotopic (exact) mass is 270 g/mol. The highest BCUT2D eigenvalue weighted by Gasteiger charge is 2.14. The quantitative estimate of drug-likeness (QED) is 0.806. The molecule has 0 fully saturated rings. The maximum atomic E-state index is 11.4. The molecule has 1 rings (SSSR count). The predicted octanol–water partition coefficient (Wildman–Crippen LogP) is 2.52. The van der Waals surface area contributed by atoms with E-state index >= 15 is 0 Å². The van der Waals surface area contributed by atoms with Crippen LogP contribution in [-0.4, -0.2) is 20.7 Å². The van der Waals surface area contributed by atoms with Gasteiger partial charge in [-0.2, -0.15) is 0 Å². The second-order valence-electron chi connectivity index (χ2n) is 4.92. The number of hydrogen-bond donors (Lipinski definition) is 2. The van der Waals surface area contributed by atoms with E-state index in [-0.39, 0.29) is 4.90 Å². The van der Waals surface area contributed by atoms with E-state index in [4.69, 9.17) is 5.73 Å². The first-order chi connectivity index (χ1) is 8.25. The van der Waals surface area contributed by atoms with Crippen molar-refractivity contribution in [1.82, 2.24) is 0 Å². The van der Waals surface area contributed by atoms with E-state index < -0.39 is 9.84 Å². The van der Waals surface area contributed by atoms with E-state index in [1.807, 2.05) is 0 Å². The molecule has 0 radical (unpaired) electrons. The molecular weight excluding hydrogens is 248 g/mol. The SMILES string of the molecule is CCC(Nc1ccc(S(C)(=O)=O)cc1N)C(C)C. The summed E-state index contributed by atoms with van der Waals surface area (Å²) >= 11 is 0. The van der Waals surface area contributed by atoms with E-state index in [2.05, 4.69) is 26.1 Å². The lowest BCUT2D eigenvalue weighted by Gasteiger charge is -2.23. The second-order valence-corrected chi connectivity index (χ2v) is 6.94. The van der Waals surface area contributed by atoms with Crippen molar-refractivity contribution in [3.8, 4) is 0 Å². The van der Waals surface area contributed by atoms with Gasteiger partial charge in [0.1, 0.15) is 0 Å². The van der Waals surface area contributed by atoms with Crippen LogP contribution < -0.4 is 11.1 Å². The highest BCUT2D eigenvalue weighted by Crippen LogP contribution is 2.25. The summed E-state index contributed by atoms with van der Waals surface area (Å²) in [5.74, 6) is 0.490. The van der Waals surface area contributed by atoms with Crippen LogP contribution in [0.15, 0.2) is 23.1 Å². The molecule has 1 unspecified atom stereocenters. The Bertz CT molecular complexity index is 510. The molecule has 0 aliphatic rings. The molecule has 0 saturated heterocycles. The van der Waals surface area contributed by atoms with Crippen molar-refractivity contribution in [2.75, 3.05) is 17.3 Å². The second kappa shape index (κ2) is 5.61. The van der Waals surface area contributed by atoms with Gasteiger partial charge in [0.15, 0.2) is 9.84 Å². The minimum absolute atomic E-state index is 0.253. The summed E-state index contributed by atoms with van der Waals surface area (Å²) < 4.78 is 22.8. The maximum absolute atomic E-state index is 11.4. The molecule has 5 heteroatoms. The fourth-order valence-electron chi connectivity index (χ4n) is 1.84. The Kier molecular flexibility index (Phi) is 4.62. The molecule has 0 bridgehead atoms. The lowest BCUT2D eigenvalue weighted by Crippen LogP contribution is -2.25. The van der Waals surface area contributed by atoms with Crippen LogP contribution in [0, 0.1) is 5.92 Å². The topological polar surface area (TPSA) is 72.2 Å². The van der Waals surface area contributed by atoms with Crippen LogP contribution >= 0.6 is 0 Å². The Morgan fingerprint density at radius 1 is 1.33 bits per heavy atom. The zero-order valence-corrected chi connectivity index (χ0v) is 12.2. The Hall–Kier alpha value is -1.23. The summed E-state index contributed by atoms with van der Waals surface area (Å²) in [6.45, 7) is 6.39. The summed E-state index contributed by atoms with van der Waals surface area (Å²) in [4.78, 5) is 0.253. The summed E-state index contributed by atoms with van der Waals surface area (Å²) in [5.41, 5.74) is 7.16. The number of anilines is 2. The summed E-state index contributed by atoms with van der Waals surface area (Å²) in [6.07, 6.45) is 2.17. The molecule has 0 amide bonds. The van der Waals surface area contributed by atoms with Crippen molar-refractivity contribution in [1.29, 1.82) is 0 Å². The van der Waals surface area contributed by atoms with Gasteiger partial charge in [-0.3, -0.25) is 0 Å². The zero-order valence-electron chi connectivity index (χ0n) is 11.4. The van der Waals surface area contributed by atoms with Gasteiger partial charge in [0.25, 0.3) is 0 Å².